The Morgan fingerprint density at radius 2 is 1.35 bits per heavy atom. The number of hydrogen-bond donors (Lipinski definition) is 9. The van der Waals surface area contributed by atoms with Gasteiger partial charge in [-0.15, -0.1) is 0 Å². The van der Waals surface area contributed by atoms with Crippen LogP contribution in [0.15, 0.2) is 53.5 Å². The molecule has 0 radical (unpaired) electrons. The van der Waals surface area contributed by atoms with Gasteiger partial charge in [-0.3, -0.25) is 19.4 Å². The van der Waals surface area contributed by atoms with Gasteiger partial charge in [0.25, 0.3) is 0 Å². The Hall–Kier alpha value is -4.85. The molecule has 0 fully saturated rings. The Labute approximate surface area is 230 Å². The standard InChI is InChI=1S/C26H35N7O7/c27-19(12-15-3-7-17(34)8-4-15)23(37)31-14-22(36)32-20(2-1-11-30-26(28)29)24(38)33-21(25(39)40)13-16-5-9-18(35)10-6-16/h3-10,19-21,34-35H,1-2,11-14,27H2,(H,31,37)(H,32,36)(H,33,38)(H,39,40)(H4,28,29,30)/t19-,20-,21-/m0/s1. The summed E-state index contributed by atoms with van der Waals surface area (Å²) in [4.78, 5) is 53.6. The van der Waals surface area contributed by atoms with Gasteiger partial charge in [0.05, 0.1) is 12.6 Å². The number of amides is 3. The van der Waals surface area contributed by atoms with Gasteiger partial charge >= 0.3 is 5.97 Å². The number of carboxylic acids is 1. The molecule has 40 heavy (non-hydrogen) atoms. The summed E-state index contributed by atoms with van der Waals surface area (Å²) in [5, 5.41) is 35.7. The third kappa shape index (κ3) is 11.3. The zero-order valence-electron chi connectivity index (χ0n) is 21.7. The third-order valence-electron chi connectivity index (χ3n) is 5.74. The maximum atomic E-state index is 13.0. The van der Waals surface area contributed by atoms with Gasteiger partial charge < -0.3 is 48.5 Å². The predicted molar refractivity (Wildman–Crippen MR) is 146 cm³/mol. The largest absolute Gasteiger partial charge is 0.508 e. The topological polar surface area (TPSA) is 255 Å². The van der Waals surface area contributed by atoms with Crippen LogP contribution in [0.2, 0.25) is 0 Å². The first-order valence-electron chi connectivity index (χ1n) is 12.4. The van der Waals surface area contributed by atoms with Crippen molar-refractivity contribution in [2.75, 3.05) is 13.1 Å². The summed E-state index contributed by atoms with van der Waals surface area (Å²) in [6, 6.07) is 8.59. The Bertz CT molecular complexity index is 1180. The van der Waals surface area contributed by atoms with Crippen LogP contribution < -0.4 is 33.2 Å². The van der Waals surface area contributed by atoms with E-state index in [-0.39, 0.29) is 49.7 Å². The molecule has 2 aromatic rings. The molecular formula is C26H35N7O7. The minimum atomic E-state index is -1.31. The number of carboxylic acid groups (broad SMARTS) is 1. The summed E-state index contributed by atoms with van der Waals surface area (Å²) in [5.74, 6) is -3.39. The Balaban J connectivity index is 1.99. The molecule has 0 bridgehead atoms. The Kier molecular flexibility index (Phi) is 12.2. The van der Waals surface area contributed by atoms with E-state index in [2.05, 4.69) is 20.9 Å². The number of nitrogens with two attached hydrogens (primary N) is 3. The number of aromatic hydroxyl groups is 2. The maximum Gasteiger partial charge on any atom is 0.326 e. The number of carbonyl (C=O) groups is 4. The highest BCUT2D eigenvalue weighted by Gasteiger charge is 2.27. The molecule has 12 N–H and O–H groups in total. The fourth-order valence-electron chi connectivity index (χ4n) is 3.64. The molecule has 0 saturated heterocycles. The molecule has 3 amide bonds. The van der Waals surface area contributed by atoms with Crippen molar-refractivity contribution in [3.05, 3.63) is 59.7 Å². The van der Waals surface area contributed by atoms with Crippen LogP contribution in [-0.2, 0) is 32.0 Å². The lowest BCUT2D eigenvalue weighted by Gasteiger charge is -2.22. The predicted octanol–water partition coefficient (Wildman–Crippen LogP) is -1.57. The lowest BCUT2D eigenvalue weighted by Crippen LogP contribution is -2.54. The number of carbonyl (C=O) groups excluding carboxylic acids is 3. The maximum absolute atomic E-state index is 13.0. The Morgan fingerprint density at radius 3 is 1.88 bits per heavy atom. The number of aliphatic carboxylic acids is 1. The van der Waals surface area contributed by atoms with Crippen molar-refractivity contribution in [2.45, 2.75) is 43.8 Å². The van der Waals surface area contributed by atoms with Crippen LogP contribution in [0, 0.1) is 0 Å². The van der Waals surface area contributed by atoms with E-state index in [1.165, 1.54) is 36.4 Å². The van der Waals surface area contributed by atoms with Crippen molar-refractivity contribution in [2.24, 2.45) is 22.2 Å². The van der Waals surface area contributed by atoms with E-state index >= 15 is 0 Å². The van der Waals surface area contributed by atoms with Gasteiger partial charge in [0.15, 0.2) is 5.96 Å². The third-order valence-corrected chi connectivity index (χ3v) is 5.74. The number of guanidine groups is 1. The van der Waals surface area contributed by atoms with Crippen molar-refractivity contribution < 1.29 is 34.5 Å². The minimum Gasteiger partial charge on any atom is -0.508 e. The number of rotatable bonds is 15. The molecule has 0 unspecified atom stereocenters. The quantitative estimate of drug-likeness (QED) is 0.0690. The summed E-state index contributed by atoms with van der Waals surface area (Å²) in [6.45, 7) is -0.309. The number of hydrogen-bond acceptors (Lipinski definition) is 8. The zero-order valence-corrected chi connectivity index (χ0v) is 21.7. The summed E-state index contributed by atoms with van der Waals surface area (Å²) in [7, 11) is 0. The average molecular weight is 558 g/mol. The van der Waals surface area contributed by atoms with E-state index in [1.807, 2.05) is 0 Å². The monoisotopic (exact) mass is 557 g/mol. The Morgan fingerprint density at radius 1 is 0.800 bits per heavy atom. The van der Waals surface area contributed by atoms with Crippen LogP contribution >= 0.6 is 0 Å². The number of nitrogens with one attached hydrogen (secondary N) is 3. The van der Waals surface area contributed by atoms with E-state index in [1.54, 1.807) is 12.1 Å². The van der Waals surface area contributed by atoms with Crippen molar-refractivity contribution >= 4 is 29.7 Å². The van der Waals surface area contributed by atoms with Crippen LogP contribution in [0.5, 0.6) is 11.5 Å². The molecule has 0 heterocycles. The van der Waals surface area contributed by atoms with Crippen LogP contribution in [0.3, 0.4) is 0 Å². The first-order valence-corrected chi connectivity index (χ1v) is 12.4. The van der Waals surface area contributed by atoms with Gasteiger partial charge in [-0.05, 0) is 54.7 Å². The highest BCUT2D eigenvalue weighted by atomic mass is 16.4. The lowest BCUT2D eigenvalue weighted by atomic mass is 10.0. The SMILES string of the molecule is NC(N)=NCCC[C@H](NC(=O)CNC(=O)[C@@H](N)Cc1ccc(O)cc1)C(=O)N[C@@H](Cc1ccc(O)cc1)C(=O)O. The molecule has 14 nitrogen and oxygen atoms in total. The normalized spacial score (nSPS) is 12.8. The van der Waals surface area contributed by atoms with Crippen LogP contribution in [0.1, 0.15) is 24.0 Å². The molecule has 2 rings (SSSR count). The molecule has 0 aromatic heterocycles. The van der Waals surface area contributed by atoms with Crippen LogP contribution in [0.4, 0.5) is 0 Å². The molecule has 2 aromatic carbocycles. The fraction of sp³-hybridized carbons (Fsp3) is 0.346. The highest BCUT2D eigenvalue weighted by molar-refractivity contribution is 5.92. The van der Waals surface area contributed by atoms with E-state index in [4.69, 9.17) is 17.2 Å². The lowest BCUT2D eigenvalue weighted by molar-refractivity contribution is -0.142. The van der Waals surface area contributed by atoms with Crippen molar-refractivity contribution in [1.29, 1.82) is 0 Å². The van der Waals surface area contributed by atoms with E-state index in [0.717, 1.165) is 0 Å². The van der Waals surface area contributed by atoms with Crippen molar-refractivity contribution in [3.8, 4) is 11.5 Å². The van der Waals surface area contributed by atoms with Gasteiger partial charge in [0, 0.05) is 13.0 Å². The first kappa shape index (κ1) is 31.4. The average Bonchev–Trinajstić information content (AvgIpc) is 2.90. The summed E-state index contributed by atoms with van der Waals surface area (Å²) >= 11 is 0. The first-order chi connectivity index (χ1) is 18.9. The fourth-order valence-corrected chi connectivity index (χ4v) is 3.64. The molecule has 3 atom stereocenters. The van der Waals surface area contributed by atoms with E-state index < -0.39 is 48.4 Å². The molecule has 0 aliphatic heterocycles. The molecule has 0 saturated carbocycles. The second kappa shape index (κ2) is 15.5. The smallest absolute Gasteiger partial charge is 0.326 e. The summed E-state index contributed by atoms with van der Waals surface area (Å²) < 4.78 is 0. The van der Waals surface area contributed by atoms with Gasteiger partial charge in [-0.25, -0.2) is 4.79 Å². The molecular weight excluding hydrogens is 522 g/mol. The van der Waals surface area contributed by atoms with Crippen molar-refractivity contribution in [1.82, 2.24) is 16.0 Å². The summed E-state index contributed by atoms with van der Waals surface area (Å²) in [5.41, 5.74) is 17.8. The van der Waals surface area contributed by atoms with Crippen LogP contribution in [0.25, 0.3) is 0 Å². The van der Waals surface area contributed by atoms with Gasteiger partial charge in [0.2, 0.25) is 17.7 Å². The van der Waals surface area contributed by atoms with Crippen LogP contribution in [-0.4, -0.2) is 76.2 Å². The minimum absolute atomic E-state index is 0.0108. The molecule has 0 spiro atoms. The van der Waals surface area contributed by atoms with Gasteiger partial charge in [-0.2, -0.15) is 0 Å². The summed E-state index contributed by atoms with van der Waals surface area (Å²) in [6.07, 6.45) is 0.468. The van der Waals surface area contributed by atoms with Gasteiger partial charge in [-0.1, -0.05) is 24.3 Å². The van der Waals surface area contributed by atoms with Gasteiger partial charge in [0.1, 0.15) is 23.6 Å². The number of phenols is 2. The van der Waals surface area contributed by atoms with Crippen molar-refractivity contribution in [3.63, 3.8) is 0 Å². The number of phenolic OH excluding ortho intramolecular Hbond substituents is 2. The number of aliphatic imine (C=N–C) groups is 1. The zero-order chi connectivity index (χ0) is 29.7. The van der Waals surface area contributed by atoms with E-state index in [0.29, 0.717) is 11.1 Å². The highest BCUT2D eigenvalue weighted by Crippen LogP contribution is 2.12. The molecule has 216 valence electrons. The molecule has 0 aliphatic carbocycles. The molecule has 0 aliphatic rings. The molecule has 14 heteroatoms. The number of benzene rings is 2. The second-order valence-corrected chi connectivity index (χ2v) is 9.03. The number of nitrogens with zero attached hydrogens (tertiary/aromatic N) is 1. The second-order valence-electron chi connectivity index (χ2n) is 9.03. The van der Waals surface area contributed by atoms with E-state index in [9.17, 15) is 34.5 Å².